The molecule has 0 saturated carbocycles. The van der Waals surface area contributed by atoms with E-state index >= 15 is 0 Å². The summed E-state index contributed by atoms with van der Waals surface area (Å²) in [6.07, 6.45) is 0. The SMILES string of the molecule is Cc1ccsc1NC(CN)C(C)C. The van der Waals surface area contributed by atoms with E-state index in [2.05, 4.69) is 37.5 Å². The maximum atomic E-state index is 5.68. The summed E-state index contributed by atoms with van der Waals surface area (Å²) >= 11 is 1.74. The van der Waals surface area contributed by atoms with Gasteiger partial charge in [0.05, 0.1) is 5.00 Å². The first-order valence-electron chi connectivity index (χ1n) is 4.66. The van der Waals surface area contributed by atoms with Gasteiger partial charge in [-0.15, -0.1) is 11.3 Å². The third-order valence-electron chi connectivity index (χ3n) is 2.24. The van der Waals surface area contributed by atoms with Crippen LogP contribution in [0.4, 0.5) is 5.00 Å². The van der Waals surface area contributed by atoms with Gasteiger partial charge in [0.2, 0.25) is 0 Å². The average molecular weight is 198 g/mol. The van der Waals surface area contributed by atoms with Crippen LogP contribution < -0.4 is 11.1 Å². The van der Waals surface area contributed by atoms with Crippen molar-refractivity contribution in [3.8, 4) is 0 Å². The minimum absolute atomic E-state index is 0.386. The van der Waals surface area contributed by atoms with Crippen molar-refractivity contribution in [3.05, 3.63) is 17.0 Å². The highest BCUT2D eigenvalue weighted by Gasteiger charge is 2.12. The normalized spacial score (nSPS) is 13.3. The summed E-state index contributed by atoms with van der Waals surface area (Å²) in [4.78, 5) is 0. The monoisotopic (exact) mass is 198 g/mol. The van der Waals surface area contributed by atoms with Crippen molar-refractivity contribution in [1.29, 1.82) is 0 Å². The Bertz CT molecular complexity index is 255. The maximum absolute atomic E-state index is 5.68. The predicted molar refractivity (Wildman–Crippen MR) is 60.4 cm³/mol. The molecule has 1 heterocycles. The Hall–Kier alpha value is -0.540. The zero-order chi connectivity index (χ0) is 9.84. The molecular weight excluding hydrogens is 180 g/mol. The highest BCUT2D eigenvalue weighted by Crippen LogP contribution is 2.23. The van der Waals surface area contributed by atoms with Crippen molar-refractivity contribution in [1.82, 2.24) is 0 Å². The lowest BCUT2D eigenvalue weighted by molar-refractivity contribution is 0.532. The molecule has 0 bridgehead atoms. The Kier molecular flexibility index (Phi) is 3.75. The highest BCUT2D eigenvalue weighted by molar-refractivity contribution is 7.14. The van der Waals surface area contributed by atoms with Crippen molar-refractivity contribution < 1.29 is 0 Å². The van der Waals surface area contributed by atoms with Gasteiger partial charge in [-0.1, -0.05) is 13.8 Å². The number of hydrogen-bond donors (Lipinski definition) is 2. The fourth-order valence-electron chi connectivity index (χ4n) is 1.19. The Morgan fingerprint density at radius 3 is 2.62 bits per heavy atom. The minimum Gasteiger partial charge on any atom is -0.372 e. The molecule has 0 aliphatic heterocycles. The first kappa shape index (κ1) is 10.5. The Balaban J connectivity index is 2.62. The second-order valence-electron chi connectivity index (χ2n) is 3.66. The molecule has 0 aliphatic carbocycles. The molecule has 1 rings (SSSR count). The molecule has 1 atom stereocenters. The van der Waals surface area contributed by atoms with Crippen molar-refractivity contribution in [2.24, 2.45) is 11.7 Å². The molecule has 0 spiro atoms. The van der Waals surface area contributed by atoms with E-state index in [1.165, 1.54) is 10.6 Å². The van der Waals surface area contributed by atoms with Crippen LogP contribution in [0.1, 0.15) is 19.4 Å². The molecule has 1 aromatic rings. The van der Waals surface area contributed by atoms with E-state index in [-0.39, 0.29) is 0 Å². The maximum Gasteiger partial charge on any atom is 0.0914 e. The van der Waals surface area contributed by atoms with E-state index in [9.17, 15) is 0 Å². The van der Waals surface area contributed by atoms with Crippen LogP contribution in [0.25, 0.3) is 0 Å². The van der Waals surface area contributed by atoms with Crippen LogP contribution >= 0.6 is 11.3 Å². The van der Waals surface area contributed by atoms with Gasteiger partial charge >= 0.3 is 0 Å². The number of hydrogen-bond acceptors (Lipinski definition) is 3. The number of nitrogens with two attached hydrogens (primary N) is 1. The molecule has 74 valence electrons. The fourth-order valence-corrected chi connectivity index (χ4v) is 2.07. The topological polar surface area (TPSA) is 38.0 Å². The van der Waals surface area contributed by atoms with Crippen LogP contribution in [-0.2, 0) is 0 Å². The lowest BCUT2D eigenvalue weighted by Gasteiger charge is -2.21. The van der Waals surface area contributed by atoms with Gasteiger partial charge in [0.15, 0.2) is 0 Å². The van der Waals surface area contributed by atoms with Crippen LogP contribution in [0.5, 0.6) is 0 Å². The predicted octanol–water partition coefficient (Wildman–Crippen LogP) is 2.45. The van der Waals surface area contributed by atoms with E-state index in [1.807, 2.05) is 0 Å². The number of aryl methyl sites for hydroxylation is 1. The zero-order valence-corrected chi connectivity index (χ0v) is 9.32. The number of thiophene rings is 1. The first-order chi connectivity index (χ1) is 6.15. The van der Waals surface area contributed by atoms with E-state index in [0.29, 0.717) is 18.5 Å². The standard InChI is InChI=1S/C10H18N2S/c1-7(2)9(6-11)12-10-8(3)4-5-13-10/h4-5,7,9,12H,6,11H2,1-3H3. The quantitative estimate of drug-likeness (QED) is 0.780. The van der Waals surface area contributed by atoms with Crippen molar-refractivity contribution in [2.75, 3.05) is 11.9 Å². The van der Waals surface area contributed by atoms with E-state index in [4.69, 9.17) is 5.73 Å². The molecule has 3 N–H and O–H groups in total. The molecule has 0 aromatic carbocycles. The molecule has 0 aliphatic rings. The molecule has 3 heteroatoms. The van der Waals surface area contributed by atoms with Crippen molar-refractivity contribution >= 4 is 16.3 Å². The molecule has 0 radical (unpaired) electrons. The summed E-state index contributed by atoms with van der Waals surface area (Å²) in [6.45, 7) is 7.18. The Labute approximate surface area is 84.2 Å². The second-order valence-corrected chi connectivity index (χ2v) is 4.58. The zero-order valence-electron chi connectivity index (χ0n) is 8.50. The molecule has 0 amide bonds. The van der Waals surface area contributed by atoms with Crippen molar-refractivity contribution in [3.63, 3.8) is 0 Å². The van der Waals surface area contributed by atoms with Gasteiger partial charge < -0.3 is 11.1 Å². The fraction of sp³-hybridized carbons (Fsp3) is 0.600. The van der Waals surface area contributed by atoms with Gasteiger partial charge in [-0.3, -0.25) is 0 Å². The summed E-state index contributed by atoms with van der Waals surface area (Å²) in [6, 6.07) is 2.51. The van der Waals surface area contributed by atoms with Gasteiger partial charge in [-0.25, -0.2) is 0 Å². The van der Waals surface area contributed by atoms with Gasteiger partial charge in [0.25, 0.3) is 0 Å². The largest absolute Gasteiger partial charge is 0.372 e. The Morgan fingerprint density at radius 2 is 2.23 bits per heavy atom. The van der Waals surface area contributed by atoms with Crippen LogP contribution in [0.15, 0.2) is 11.4 Å². The highest BCUT2D eigenvalue weighted by atomic mass is 32.1. The molecule has 13 heavy (non-hydrogen) atoms. The van der Waals surface area contributed by atoms with Crippen LogP contribution in [0.3, 0.4) is 0 Å². The van der Waals surface area contributed by atoms with Gasteiger partial charge in [0, 0.05) is 12.6 Å². The summed E-state index contributed by atoms with van der Waals surface area (Å²) in [5, 5.41) is 6.83. The molecule has 0 fully saturated rings. The first-order valence-corrected chi connectivity index (χ1v) is 5.53. The number of anilines is 1. The van der Waals surface area contributed by atoms with E-state index in [0.717, 1.165) is 0 Å². The molecule has 1 unspecified atom stereocenters. The second kappa shape index (κ2) is 4.63. The molecule has 0 saturated heterocycles. The van der Waals surface area contributed by atoms with Gasteiger partial charge in [-0.2, -0.15) is 0 Å². The minimum atomic E-state index is 0.386. The van der Waals surface area contributed by atoms with Gasteiger partial charge in [-0.05, 0) is 29.9 Å². The smallest absolute Gasteiger partial charge is 0.0914 e. The molecule has 1 aromatic heterocycles. The van der Waals surface area contributed by atoms with Crippen LogP contribution in [0, 0.1) is 12.8 Å². The third kappa shape index (κ3) is 2.71. The molecule has 2 nitrogen and oxygen atoms in total. The van der Waals surface area contributed by atoms with Crippen LogP contribution in [0.2, 0.25) is 0 Å². The summed E-state index contributed by atoms with van der Waals surface area (Å²) in [7, 11) is 0. The lowest BCUT2D eigenvalue weighted by atomic mass is 10.1. The van der Waals surface area contributed by atoms with Gasteiger partial charge in [0.1, 0.15) is 0 Å². The Morgan fingerprint density at radius 1 is 1.54 bits per heavy atom. The number of nitrogens with one attached hydrogen (secondary N) is 1. The van der Waals surface area contributed by atoms with Crippen LogP contribution in [-0.4, -0.2) is 12.6 Å². The van der Waals surface area contributed by atoms with Crippen molar-refractivity contribution in [2.45, 2.75) is 26.8 Å². The van der Waals surface area contributed by atoms with E-state index < -0.39 is 0 Å². The third-order valence-corrected chi connectivity index (χ3v) is 3.18. The van der Waals surface area contributed by atoms with E-state index in [1.54, 1.807) is 11.3 Å². The summed E-state index contributed by atoms with van der Waals surface area (Å²) in [5.41, 5.74) is 6.99. The number of rotatable bonds is 4. The average Bonchev–Trinajstić information content (AvgIpc) is 2.46. The molecular formula is C10H18N2S. The summed E-state index contributed by atoms with van der Waals surface area (Å²) < 4.78 is 0. The lowest BCUT2D eigenvalue weighted by Crippen LogP contribution is -2.33. The summed E-state index contributed by atoms with van der Waals surface area (Å²) in [5.74, 6) is 0.575.